The predicted molar refractivity (Wildman–Crippen MR) is 101 cm³/mol. The zero-order chi connectivity index (χ0) is 21.3. The van der Waals surface area contributed by atoms with E-state index in [1.165, 1.54) is 19.1 Å². The standard InChI is InChI=1S/C19H25NO7S/c1-5-26-18(21)17(19(22)27-6-2)9-7-8-15(4)20(23)28(24,25)16-12-10-14(3)11-13-16/h10-13,15,17,23H,5-6,9H2,1-4H3. The van der Waals surface area contributed by atoms with Gasteiger partial charge in [-0.1, -0.05) is 28.1 Å². The summed E-state index contributed by atoms with van der Waals surface area (Å²) in [4.78, 5) is 23.7. The lowest BCUT2D eigenvalue weighted by atomic mass is 10.1. The van der Waals surface area contributed by atoms with Crippen molar-refractivity contribution in [3.8, 4) is 11.8 Å². The van der Waals surface area contributed by atoms with Gasteiger partial charge in [-0.25, -0.2) is 8.42 Å². The molecule has 28 heavy (non-hydrogen) atoms. The normalized spacial score (nSPS) is 12.2. The highest BCUT2D eigenvalue weighted by atomic mass is 32.2. The molecule has 0 bridgehead atoms. The van der Waals surface area contributed by atoms with E-state index in [1.54, 1.807) is 26.0 Å². The molecule has 8 nitrogen and oxygen atoms in total. The molecule has 0 amide bonds. The Morgan fingerprint density at radius 1 is 1.11 bits per heavy atom. The summed E-state index contributed by atoms with van der Waals surface area (Å²) in [5.41, 5.74) is 0.875. The van der Waals surface area contributed by atoms with E-state index < -0.39 is 33.9 Å². The van der Waals surface area contributed by atoms with E-state index in [2.05, 4.69) is 11.8 Å². The summed E-state index contributed by atoms with van der Waals surface area (Å²) >= 11 is 0. The van der Waals surface area contributed by atoms with Crippen LogP contribution in [0, 0.1) is 24.7 Å². The Kier molecular flexibility index (Phi) is 9.12. The van der Waals surface area contributed by atoms with E-state index in [1.807, 2.05) is 6.92 Å². The summed E-state index contributed by atoms with van der Waals surface area (Å²) in [7, 11) is -4.15. The molecule has 0 aliphatic heterocycles. The first-order chi connectivity index (χ1) is 13.1. The minimum atomic E-state index is -4.15. The fourth-order valence-corrected chi connectivity index (χ4v) is 3.30. The zero-order valence-corrected chi connectivity index (χ0v) is 17.2. The van der Waals surface area contributed by atoms with Gasteiger partial charge < -0.3 is 9.47 Å². The fraction of sp³-hybridized carbons (Fsp3) is 0.474. The number of benzene rings is 1. The van der Waals surface area contributed by atoms with Crippen LogP contribution >= 0.6 is 0 Å². The molecule has 1 aromatic carbocycles. The van der Waals surface area contributed by atoms with Crippen LogP contribution in [-0.2, 0) is 29.1 Å². The van der Waals surface area contributed by atoms with Gasteiger partial charge in [0.25, 0.3) is 10.0 Å². The van der Waals surface area contributed by atoms with Gasteiger partial charge in [-0.2, -0.15) is 0 Å². The number of ether oxygens (including phenoxy) is 2. The summed E-state index contributed by atoms with van der Waals surface area (Å²) in [6.45, 7) is 6.59. The van der Waals surface area contributed by atoms with Gasteiger partial charge in [0.05, 0.1) is 18.1 Å². The SMILES string of the molecule is CCOC(=O)C(CC#CC(C)N(O)S(=O)(=O)c1ccc(C)cc1)C(=O)OCC. The topological polar surface area (TPSA) is 110 Å². The summed E-state index contributed by atoms with van der Waals surface area (Å²) in [6, 6.07) is 4.88. The number of rotatable bonds is 8. The smallest absolute Gasteiger partial charge is 0.321 e. The molecule has 0 aromatic heterocycles. The van der Waals surface area contributed by atoms with E-state index in [9.17, 15) is 23.2 Å². The van der Waals surface area contributed by atoms with Crippen LogP contribution in [0.15, 0.2) is 29.2 Å². The Hall–Kier alpha value is -2.41. The van der Waals surface area contributed by atoms with Crippen molar-refractivity contribution in [1.82, 2.24) is 4.47 Å². The van der Waals surface area contributed by atoms with E-state index in [4.69, 9.17) is 9.47 Å². The van der Waals surface area contributed by atoms with Crippen molar-refractivity contribution in [2.45, 2.75) is 45.1 Å². The van der Waals surface area contributed by atoms with Gasteiger partial charge in [-0.3, -0.25) is 14.8 Å². The second-order valence-corrected chi connectivity index (χ2v) is 7.64. The Balaban J connectivity index is 2.91. The maximum Gasteiger partial charge on any atom is 0.321 e. The largest absolute Gasteiger partial charge is 0.465 e. The maximum absolute atomic E-state index is 12.4. The molecule has 0 saturated carbocycles. The number of carbonyl (C=O) groups is 2. The van der Waals surface area contributed by atoms with Gasteiger partial charge >= 0.3 is 11.9 Å². The maximum atomic E-state index is 12.4. The minimum absolute atomic E-state index is 0.0785. The molecule has 0 aliphatic rings. The van der Waals surface area contributed by atoms with Crippen LogP contribution in [0.1, 0.15) is 32.8 Å². The third kappa shape index (κ3) is 6.34. The molecule has 0 heterocycles. The van der Waals surface area contributed by atoms with Crippen molar-refractivity contribution >= 4 is 22.0 Å². The average molecular weight is 411 g/mol. The van der Waals surface area contributed by atoms with Crippen LogP contribution < -0.4 is 0 Å². The molecule has 9 heteroatoms. The summed E-state index contributed by atoms with van der Waals surface area (Å²) in [6.07, 6.45) is -0.222. The molecule has 0 spiro atoms. The second kappa shape index (κ2) is 10.8. The molecule has 0 saturated heterocycles. The van der Waals surface area contributed by atoms with Gasteiger partial charge in [0.2, 0.25) is 0 Å². The third-order valence-corrected chi connectivity index (χ3v) is 5.33. The van der Waals surface area contributed by atoms with E-state index in [0.29, 0.717) is 0 Å². The van der Waals surface area contributed by atoms with Gasteiger partial charge in [0.1, 0.15) is 6.04 Å². The zero-order valence-electron chi connectivity index (χ0n) is 16.3. The van der Waals surface area contributed by atoms with Crippen molar-refractivity contribution < 1.29 is 32.7 Å². The minimum Gasteiger partial charge on any atom is -0.465 e. The molecule has 0 fully saturated rings. The highest BCUT2D eigenvalue weighted by Crippen LogP contribution is 2.17. The molecule has 1 N–H and O–H groups in total. The monoisotopic (exact) mass is 411 g/mol. The third-order valence-electron chi connectivity index (χ3n) is 3.66. The first kappa shape index (κ1) is 23.6. The van der Waals surface area contributed by atoms with Crippen LogP contribution in [0.25, 0.3) is 0 Å². The summed E-state index contributed by atoms with van der Waals surface area (Å²) in [5.74, 6) is 2.31. The first-order valence-electron chi connectivity index (χ1n) is 8.76. The fourth-order valence-electron chi connectivity index (χ4n) is 2.14. The Labute approximate surface area is 165 Å². The lowest BCUT2D eigenvalue weighted by molar-refractivity contribution is -0.161. The van der Waals surface area contributed by atoms with Crippen molar-refractivity contribution in [3.63, 3.8) is 0 Å². The van der Waals surface area contributed by atoms with Crippen molar-refractivity contribution in [1.29, 1.82) is 0 Å². The van der Waals surface area contributed by atoms with Crippen LogP contribution in [0.2, 0.25) is 0 Å². The molecule has 1 atom stereocenters. The Morgan fingerprint density at radius 2 is 1.61 bits per heavy atom. The molecule has 0 radical (unpaired) electrons. The van der Waals surface area contributed by atoms with E-state index >= 15 is 0 Å². The highest BCUT2D eigenvalue weighted by Gasteiger charge is 2.29. The number of sulfonamides is 1. The summed E-state index contributed by atoms with van der Waals surface area (Å²) in [5, 5.41) is 10.1. The molecular formula is C19H25NO7S. The number of hydrogen-bond acceptors (Lipinski definition) is 7. The molecular weight excluding hydrogens is 386 g/mol. The van der Waals surface area contributed by atoms with Gasteiger partial charge in [-0.05, 0) is 39.8 Å². The van der Waals surface area contributed by atoms with Gasteiger partial charge in [0, 0.05) is 6.42 Å². The lowest BCUT2D eigenvalue weighted by Gasteiger charge is -2.18. The number of aryl methyl sites for hydroxylation is 1. The molecule has 154 valence electrons. The quantitative estimate of drug-likeness (QED) is 0.301. The average Bonchev–Trinajstić information content (AvgIpc) is 2.65. The van der Waals surface area contributed by atoms with Crippen LogP contribution in [0.5, 0.6) is 0 Å². The number of nitrogens with zero attached hydrogens (tertiary/aromatic N) is 1. The van der Waals surface area contributed by atoms with Gasteiger partial charge in [-0.15, -0.1) is 5.92 Å². The number of hydroxylamine groups is 1. The van der Waals surface area contributed by atoms with Crippen LogP contribution in [-0.4, -0.2) is 49.3 Å². The van der Waals surface area contributed by atoms with E-state index in [-0.39, 0.29) is 29.0 Å². The number of esters is 2. The number of hydrogen-bond donors (Lipinski definition) is 1. The summed E-state index contributed by atoms with van der Waals surface area (Å²) < 4.78 is 34.7. The first-order valence-corrected chi connectivity index (χ1v) is 10.2. The molecule has 1 rings (SSSR count). The van der Waals surface area contributed by atoms with Crippen molar-refractivity contribution in [3.05, 3.63) is 29.8 Å². The molecule has 1 aromatic rings. The van der Waals surface area contributed by atoms with E-state index in [0.717, 1.165) is 5.56 Å². The van der Waals surface area contributed by atoms with Crippen molar-refractivity contribution in [2.75, 3.05) is 13.2 Å². The Morgan fingerprint density at radius 3 is 2.07 bits per heavy atom. The molecule has 0 aliphatic carbocycles. The van der Waals surface area contributed by atoms with Crippen molar-refractivity contribution in [2.24, 2.45) is 5.92 Å². The van der Waals surface area contributed by atoms with Gasteiger partial charge in [0.15, 0.2) is 5.92 Å². The Bertz CT molecular complexity index is 819. The predicted octanol–water partition coefficient (Wildman–Crippen LogP) is 1.90. The highest BCUT2D eigenvalue weighted by molar-refractivity contribution is 7.89. The lowest BCUT2D eigenvalue weighted by Crippen LogP contribution is -2.35. The molecule has 1 unspecified atom stereocenters. The van der Waals surface area contributed by atoms with Crippen LogP contribution in [0.3, 0.4) is 0 Å². The van der Waals surface area contributed by atoms with Crippen LogP contribution in [0.4, 0.5) is 0 Å². The number of carbonyl (C=O) groups excluding carboxylic acids is 2. The second-order valence-electron chi connectivity index (χ2n) is 5.85.